The summed E-state index contributed by atoms with van der Waals surface area (Å²) in [5, 5.41) is 6.02. The lowest BCUT2D eigenvalue weighted by atomic mass is 10.0. The van der Waals surface area contributed by atoms with Crippen LogP contribution in [0.3, 0.4) is 0 Å². The number of hydrogen-bond donors (Lipinski definition) is 3. The summed E-state index contributed by atoms with van der Waals surface area (Å²) in [4.78, 5) is 21.9. The van der Waals surface area contributed by atoms with Gasteiger partial charge < -0.3 is 20.1 Å². The molecule has 1 amide bonds. The Morgan fingerprint density at radius 3 is 1.78 bits per heavy atom. The second-order valence-electron chi connectivity index (χ2n) is 12.3. The third kappa shape index (κ3) is 12.2. The molecule has 49 heavy (non-hydrogen) atoms. The van der Waals surface area contributed by atoms with Crippen molar-refractivity contribution in [2.75, 3.05) is 29.6 Å². The standard InChI is InChI=1S/C38H51N5O5S/c1-4-5-6-7-8-9-10-11-12-13-14-15-16-24-36(44)39-29-20-19-21-33(27-29)49(45,46)43-38-37(41-34-22-17-18-23-35(34)42-38)40-30-25-31(47-2)28-32(26-30)48-3/h17-23,25-28H,4-16,24H2,1-3H3,(H,39,44)(H,40,41)(H,42,43). The number of nitrogens with zero attached hydrogens (tertiary/aromatic N) is 2. The molecule has 0 atom stereocenters. The van der Waals surface area contributed by atoms with E-state index in [-0.39, 0.29) is 22.4 Å². The third-order valence-electron chi connectivity index (χ3n) is 8.35. The lowest BCUT2D eigenvalue weighted by Crippen LogP contribution is -2.17. The van der Waals surface area contributed by atoms with Gasteiger partial charge >= 0.3 is 0 Å². The van der Waals surface area contributed by atoms with E-state index in [4.69, 9.17) is 9.47 Å². The van der Waals surface area contributed by atoms with Crippen LogP contribution in [0.2, 0.25) is 0 Å². The Morgan fingerprint density at radius 1 is 0.653 bits per heavy atom. The highest BCUT2D eigenvalue weighted by atomic mass is 32.2. The topological polar surface area (TPSA) is 132 Å². The Kier molecular flexibility index (Phi) is 15.0. The Bertz CT molecular complexity index is 1730. The van der Waals surface area contributed by atoms with Crippen molar-refractivity contribution in [3.63, 3.8) is 0 Å². The molecule has 0 spiro atoms. The van der Waals surface area contributed by atoms with Crippen LogP contribution in [0.4, 0.5) is 23.0 Å². The first-order valence-electron chi connectivity index (χ1n) is 17.5. The number of nitrogens with one attached hydrogen (secondary N) is 3. The van der Waals surface area contributed by atoms with Crippen molar-refractivity contribution in [1.29, 1.82) is 0 Å². The second kappa shape index (κ2) is 19.6. The van der Waals surface area contributed by atoms with Crippen LogP contribution in [0.15, 0.2) is 71.6 Å². The van der Waals surface area contributed by atoms with Crippen LogP contribution in [0, 0.1) is 0 Å². The van der Waals surface area contributed by atoms with Crippen molar-refractivity contribution in [3.8, 4) is 11.5 Å². The molecule has 0 aliphatic heterocycles. The number of benzene rings is 3. The van der Waals surface area contributed by atoms with E-state index in [0.29, 0.717) is 40.3 Å². The Balaban J connectivity index is 1.32. The summed E-state index contributed by atoms with van der Waals surface area (Å²) >= 11 is 0. The zero-order valence-corrected chi connectivity index (χ0v) is 29.9. The highest BCUT2D eigenvalue weighted by Crippen LogP contribution is 2.31. The van der Waals surface area contributed by atoms with Crippen LogP contribution in [0.1, 0.15) is 96.8 Å². The molecule has 264 valence electrons. The van der Waals surface area contributed by atoms with Gasteiger partial charge in [-0.2, -0.15) is 0 Å². The van der Waals surface area contributed by atoms with Gasteiger partial charge in [0.2, 0.25) is 5.91 Å². The number of carbonyl (C=O) groups is 1. The predicted molar refractivity (Wildman–Crippen MR) is 199 cm³/mol. The quantitative estimate of drug-likeness (QED) is 0.0695. The number of rotatable bonds is 22. The van der Waals surface area contributed by atoms with Crippen molar-refractivity contribution in [2.45, 2.75) is 102 Å². The van der Waals surface area contributed by atoms with Crippen LogP contribution in [-0.4, -0.2) is 38.5 Å². The highest BCUT2D eigenvalue weighted by molar-refractivity contribution is 7.92. The SMILES string of the molecule is CCCCCCCCCCCCCCCC(=O)Nc1cccc(S(=O)(=O)Nc2nc3ccccc3nc2Nc2cc(OC)cc(OC)c2)c1. The van der Waals surface area contributed by atoms with Crippen molar-refractivity contribution in [1.82, 2.24) is 9.97 Å². The smallest absolute Gasteiger partial charge is 0.263 e. The van der Waals surface area contributed by atoms with Crippen LogP contribution < -0.4 is 24.8 Å². The third-order valence-corrected chi connectivity index (χ3v) is 9.69. The van der Waals surface area contributed by atoms with E-state index in [2.05, 4.69) is 32.2 Å². The fourth-order valence-corrected chi connectivity index (χ4v) is 6.68. The number of unbranched alkanes of at least 4 members (excludes halogenated alkanes) is 12. The van der Waals surface area contributed by atoms with Crippen molar-refractivity contribution in [3.05, 3.63) is 66.7 Å². The summed E-state index contributed by atoms with van der Waals surface area (Å²) in [6, 6.07) is 18.6. The first-order valence-corrected chi connectivity index (χ1v) is 19.0. The van der Waals surface area contributed by atoms with E-state index >= 15 is 0 Å². The lowest BCUT2D eigenvalue weighted by Gasteiger charge is -2.15. The molecule has 3 N–H and O–H groups in total. The molecule has 11 heteroatoms. The van der Waals surface area contributed by atoms with Crippen molar-refractivity contribution >= 4 is 50.0 Å². The van der Waals surface area contributed by atoms with E-state index in [0.717, 1.165) is 19.3 Å². The minimum absolute atomic E-state index is 0.0114. The molecule has 0 aliphatic carbocycles. The summed E-state index contributed by atoms with van der Waals surface area (Å²) in [6.45, 7) is 2.25. The molecule has 10 nitrogen and oxygen atoms in total. The number of methoxy groups -OCH3 is 2. The van der Waals surface area contributed by atoms with E-state index in [1.165, 1.54) is 76.3 Å². The fourth-order valence-electron chi connectivity index (χ4n) is 5.63. The number of fused-ring (bicyclic) bond motifs is 1. The summed E-state index contributed by atoms with van der Waals surface area (Å²) in [5.74, 6) is 1.17. The van der Waals surface area contributed by atoms with Gasteiger partial charge in [0, 0.05) is 36.0 Å². The van der Waals surface area contributed by atoms with Gasteiger partial charge in [-0.15, -0.1) is 0 Å². The molecule has 0 radical (unpaired) electrons. The molecule has 4 aromatic rings. The number of para-hydroxylation sites is 2. The summed E-state index contributed by atoms with van der Waals surface area (Å²) in [5.41, 5.74) is 2.07. The minimum atomic E-state index is -4.12. The Morgan fingerprint density at radius 2 is 1.20 bits per heavy atom. The molecule has 1 aromatic heterocycles. The van der Waals surface area contributed by atoms with Gasteiger partial charge in [0.15, 0.2) is 11.6 Å². The number of amides is 1. The average molecular weight is 690 g/mol. The minimum Gasteiger partial charge on any atom is -0.497 e. The van der Waals surface area contributed by atoms with E-state index in [1.807, 2.05) is 6.07 Å². The molecule has 0 aliphatic rings. The summed E-state index contributed by atoms with van der Waals surface area (Å²) in [6.07, 6.45) is 16.5. The zero-order chi connectivity index (χ0) is 34.9. The number of aromatic nitrogens is 2. The molecule has 0 saturated carbocycles. The monoisotopic (exact) mass is 689 g/mol. The maximum absolute atomic E-state index is 13.6. The lowest BCUT2D eigenvalue weighted by molar-refractivity contribution is -0.116. The normalized spacial score (nSPS) is 11.3. The van der Waals surface area contributed by atoms with Crippen LogP contribution in [0.5, 0.6) is 11.5 Å². The number of anilines is 4. The Labute approximate surface area is 291 Å². The molecule has 0 unspecified atom stereocenters. The van der Waals surface area contributed by atoms with Gasteiger partial charge in [0.1, 0.15) is 11.5 Å². The molecular formula is C38H51N5O5S. The number of hydrogen-bond acceptors (Lipinski definition) is 8. The van der Waals surface area contributed by atoms with Crippen LogP contribution in [0.25, 0.3) is 11.0 Å². The molecule has 0 fully saturated rings. The number of carbonyl (C=O) groups excluding carboxylic acids is 1. The van der Waals surface area contributed by atoms with Gasteiger partial charge in [0.25, 0.3) is 10.0 Å². The molecule has 0 saturated heterocycles. The van der Waals surface area contributed by atoms with Gasteiger partial charge in [0.05, 0.1) is 30.1 Å². The van der Waals surface area contributed by atoms with Crippen molar-refractivity contribution in [2.24, 2.45) is 0 Å². The van der Waals surface area contributed by atoms with Gasteiger partial charge in [-0.25, -0.2) is 18.4 Å². The van der Waals surface area contributed by atoms with E-state index in [9.17, 15) is 13.2 Å². The molecule has 0 bridgehead atoms. The maximum atomic E-state index is 13.6. The van der Waals surface area contributed by atoms with Crippen molar-refractivity contribution < 1.29 is 22.7 Å². The molecular weight excluding hydrogens is 639 g/mol. The zero-order valence-electron chi connectivity index (χ0n) is 29.1. The van der Waals surface area contributed by atoms with Crippen LogP contribution in [-0.2, 0) is 14.8 Å². The van der Waals surface area contributed by atoms with Gasteiger partial charge in [-0.3, -0.25) is 9.52 Å². The van der Waals surface area contributed by atoms with E-state index < -0.39 is 10.0 Å². The molecule has 1 heterocycles. The van der Waals surface area contributed by atoms with Gasteiger partial charge in [-0.05, 0) is 36.8 Å². The summed E-state index contributed by atoms with van der Waals surface area (Å²) in [7, 11) is -1.02. The predicted octanol–water partition coefficient (Wildman–Crippen LogP) is 9.61. The first kappa shape index (κ1) is 37.4. The highest BCUT2D eigenvalue weighted by Gasteiger charge is 2.20. The largest absolute Gasteiger partial charge is 0.497 e. The molecule has 4 rings (SSSR count). The maximum Gasteiger partial charge on any atom is 0.263 e. The number of ether oxygens (including phenoxy) is 2. The van der Waals surface area contributed by atoms with Gasteiger partial charge in [-0.1, -0.05) is 102 Å². The first-order chi connectivity index (χ1) is 23.8. The van der Waals surface area contributed by atoms with E-state index in [1.54, 1.807) is 62.8 Å². The second-order valence-corrected chi connectivity index (χ2v) is 14.0. The van der Waals surface area contributed by atoms with Crippen LogP contribution >= 0.6 is 0 Å². The number of sulfonamides is 1. The average Bonchev–Trinajstić information content (AvgIpc) is 3.10. The summed E-state index contributed by atoms with van der Waals surface area (Å²) < 4.78 is 40.6. The fraction of sp³-hybridized carbons (Fsp3) is 0.447. The Hall–Kier alpha value is -4.38. The molecule has 3 aromatic carbocycles.